The molecule has 0 bridgehead atoms. The van der Waals surface area contributed by atoms with Crippen LogP contribution in [0, 0.1) is 5.92 Å². The molecule has 12 heteroatoms. The zero-order chi connectivity index (χ0) is 29.9. The average Bonchev–Trinajstić information content (AvgIpc) is 3.70. The van der Waals surface area contributed by atoms with Crippen molar-refractivity contribution in [3.05, 3.63) is 97.0 Å². The second kappa shape index (κ2) is 10.4. The lowest BCUT2D eigenvalue weighted by molar-refractivity contribution is -0.138. The molecule has 1 fully saturated rings. The first-order valence-electron chi connectivity index (χ1n) is 13.6. The number of amides is 2. The Labute approximate surface area is 247 Å². The molecular weight excluding hydrogens is 615 g/mol. The van der Waals surface area contributed by atoms with Crippen molar-refractivity contribution in [2.75, 3.05) is 7.05 Å². The number of benzene rings is 2. The maximum Gasteiger partial charge on any atom is 0.417 e. The quantitative estimate of drug-likeness (QED) is 0.326. The second-order valence-corrected chi connectivity index (χ2v) is 11.8. The van der Waals surface area contributed by atoms with Crippen molar-refractivity contribution in [1.29, 1.82) is 0 Å². The third-order valence-electron chi connectivity index (χ3n) is 8.05. The normalized spacial score (nSPS) is 16.9. The molecule has 1 aliphatic carbocycles. The van der Waals surface area contributed by atoms with Crippen LogP contribution >= 0.6 is 15.9 Å². The summed E-state index contributed by atoms with van der Waals surface area (Å²) in [6, 6.07) is 9.74. The van der Waals surface area contributed by atoms with Crippen LogP contribution < -0.4 is 10.9 Å². The zero-order valence-corrected chi connectivity index (χ0v) is 24.4. The fraction of sp³-hybridized carbons (Fsp3) is 0.333. The lowest BCUT2D eigenvalue weighted by atomic mass is 9.97. The number of fused-ring (bicyclic) bond motifs is 3. The highest BCUT2D eigenvalue weighted by Crippen LogP contribution is 2.37. The summed E-state index contributed by atoms with van der Waals surface area (Å²) >= 11 is 2.93. The van der Waals surface area contributed by atoms with Crippen molar-refractivity contribution in [3.63, 3.8) is 0 Å². The van der Waals surface area contributed by atoms with Crippen LogP contribution in [0.1, 0.15) is 62.9 Å². The first-order valence-corrected chi connectivity index (χ1v) is 14.4. The minimum Gasteiger partial charge on any atom is -0.355 e. The summed E-state index contributed by atoms with van der Waals surface area (Å²) < 4.78 is 43.8. The number of aromatic nitrogens is 3. The van der Waals surface area contributed by atoms with Crippen LogP contribution in [0.15, 0.2) is 57.9 Å². The molecular formula is C30H27BrF3N5O3. The Bertz CT molecular complexity index is 1790. The first-order chi connectivity index (χ1) is 20.0. The maximum atomic E-state index is 14.1. The maximum absolute atomic E-state index is 14.1. The lowest BCUT2D eigenvalue weighted by Gasteiger charge is -2.35. The molecule has 3 heterocycles. The number of nitrogens with zero attached hydrogens (tertiary/aromatic N) is 4. The van der Waals surface area contributed by atoms with E-state index in [4.69, 9.17) is 0 Å². The Balaban J connectivity index is 1.46. The van der Waals surface area contributed by atoms with E-state index in [1.807, 2.05) is 0 Å². The predicted molar refractivity (Wildman–Crippen MR) is 153 cm³/mol. The molecule has 0 radical (unpaired) electrons. The molecule has 8 nitrogen and oxygen atoms in total. The fourth-order valence-electron chi connectivity index (χ4n) is 5.62. The molecule has 2 aliphatic rings. The van der Waals surface area contributed by atoms with Crippen molar-refractivity contribution < 1.29 is 22.8 Å². The smallest absolute Gasteiger partial charge is 0.355 e. The Kier molecular flexibility index (Phi) is 6.99. The molecule has 0 spiro atoms. The average molecular weight is 642 g/mol. The molecule has 6 rings (SSSR count). The first kappa shape index (κ1) is 28.2. The molecule has 1 atom stereocenters. The lowest BCUT2D eigenvalue weighted by Crippen LogP contribution is -2.46. The van der Waals surface area contributed by atoms with Gasteiger partial charge in [-0.1, -0.05) is 15.9 Å². The summed E-state index contributed by atoms with van der Waals surface area (Å²) in [6.07, 6.45) is 0.263. The van der Waals surface area contributed by atoms with E-state index in [0.29, 0.717) is 34.1 Å². The minimum absolute atomic E-state index is 0.0134. The van der Waals surface area contributed by atoms with E-state index in [2.05, 4.69) is 26.3 Å². The van der Waals surface area contributed by atoms with Crippen LogP contribution in [0.2, 0.25) is 0 Å². The van der Waals surface area contributed by atoms with Crippen molar-refractivity contribution >= 4 is 33.4 Å². The van der Waals surface area contributed by atoms with Gasteiger partial charge in [0.15, 0.2) is 0 Å². The van der Waals surface area contributed by atoms with Gasteiger partial charge in [0.25, 0.3) is 17.4 Å². The van der Waals surface area contributed by atoms with Crippen LogP contribution in [0.5, 0.6) is 0 Å². The van der Waals surface area contributed by atoms with Gasteiger partial charge in [-0.3, -0.25) is 19.0 Å². The summed E-state index contributed by atoms with van der Waals surface area (Å²) in [6.45, 7) is 1.79. The standard InChI is InChI=1S/C30H27BrF3N5O3/c1-16-11-22-25(15-37(16)28(41)19-7-10-24(31)23(13-19)30(32,33)34)39-27(20(14-36-39)12-17-3-4-17)38(29(22)42)21-8-5-18(6-9-21)26(40)35-2/h5-10,13-14,16-17H,3-4,11-12,15H2,1-2H3,(H,35,40)/t16-/m0/s1. The summed E-state index contributed by atoms with van der Waals surface area (Å²) in [5.74, 6) is -0.292. The highest BCUT2D eigenvalue weighted by Gasteiger charge is 2.37. The molecule has 0 saturated heterocycles. The number of hydrogen-bond acceptors (Lipinski definition) is 4. The van der Waals surface area contributed by atoms with Gasteiger partial charge in [0.2, 0.25) is 0 Å². The van der Waals surface area contributed by atoms with Gasteiger partial charge in [0.1, 0.15) is 5.65 Å². The predicted octanol–water partition coefficient (Wildman–Crippen LogP) is 5.17. The van der Waals surface area contributed by atoms with Gasteiger partial charge < -0.3 is 10.2 Å². The number of hydrogen-bond donors (Lipinski definition) is 1. The van der Waals surface area contributed by atoms with Gasteiger partial charge >= 0.3 is 6.18 Å². The van der Waals surface area contributed by atoms with Gasteiger partial charge in [0, 0.05) is 39.8 Å². The van der Waals surface area contributed by atoms with Crippen LogP contribution in [0.25, 0.3) is 11.3 Å². The van der Waals surface area contributed by atoms with Gasteiger partial charge in [-0.25, -0.2) is 4.52 Å². The van der Waals surface area contributed by atoms with Crippen molar-refractivity contribution in [3.8, 4) is 5.69 Å². The van der Waals surface area contributed by atoms with E-state index in [1.54, 1.807) is 53.5 Å². The summed E-state index contributed by atoms with van der Waals surface area (Å²) in [4.78, 5) is 41.3. The van der Waals surface area contributed by atoms with E-state index in [9.17, 15) is 27.6 Å². The van der Waals surface area contributed by atoms with E-state index in [0.717, 1.165) is 30.9 Å². The molecule has 42 heavy (non-hydrogen) atoms. The van der Waals surface area contributed by atoms with Crippen LogP contribution in [0.3, 0.4) is 0 Å². The summed E-state index contributed by atoms with van der Waals surface area (Å²) in [5.41, 5.74) is 2.29. The minimum atomic E-state index is -4.63. The van der Waals surface area contributed by atoms with Crippen LogP contribution in [-0.2, 0) is 25.6 Å². The topological polar surface area (TPSA) is 88.7 Å². The Morgan fingerprint density at radius 2 is 1.79 bits per heavy atom. The monoisotopic (exact) mass is 641 g/mol. The molecule has 1 saturated carbocycles. The SMILES string of the molecule is CNC(=O)c1ccc(-n2c(=O)c3c(n4ncc(CC5CC5)c24)CN(C(=O)c2ccc(Br)c(C(F)(F)F)c2)[C@@H](C)C3)cc1. The number of rotatable bonds is 5. The molecule has 2 amide bonds. The second-order valence-electron chi connectivity index (χ2n) is 10.9. The Morgan fingerprint density at radius 1 is 1.10 bits per heavy atom. The van der Waals surface area contributed by atoms with Crippen molar-refractivity contribution in [2.24, 2.45) is 5.92 Å². The number of carbonyl (C=O) groups excluding carboxylic acids is 2. The zero-order valence-electron chi connectivity index (χ0n) is 22.8. The number of nitrogens with one attached hydrogen (secondary N) is 1. The highest BCUT2D eigenvalue weighted by molar-refractivity contribution is 9.10. The van der Waals surface area contributed by atoms with Gasteiger partial charge in [-0.05, 0) is 81.0 Å². The molecule has 218 valence electrons. The third kappa shape index (κ3) is 4.91. The molecule has 1 N–H and O–H groups in total. The van der Waals surface area contributed by atoms with Crippen molar-refractivity contribution in [2.45, 2.75) is 51.4 Å². The summed E-state index contributed by atoms with van der Waals surface area (Å²) in [5, 5.41) is 7.24. The highest BCUT2D eigenvalue weighted by atomic mass is 79.9. The van der Waals surface area contributed by atoms with Gasteiger partial charge in [-0.2, -0.15) is 18.3 Å². The third-order valence-corrected chi connectivity index (χ3v) is 8.74. The van der Waals surface area contributed by atoms with Gasteiger partial charge in [0.05, 0.1) is 29.7 Å². The van der Waals surface area contributed by atoms with Crippen LogP contribution in [0.4, 0.5) is 13.2 Å². The molecule has 2 aromatic carbocycles. The fourth-order valence-corrected chi connectivity index (χ4v) is 6.09. The molecule has 1 aliphatic heterocycles. The van der Waals surface area contributed by atoms with Gasteiger partial charge in [-0.15, -0.1) is 0 Å². The van der Waals surface area contributed by atoms with E-state index in [-0.39, 0.29) is 34.5 Å². The number of carbonyl (C=O) groups is 2. The van der Waals surface area contributed by atoms with E-state index < -0.39 is 23.7 Å². The van der Waals surface area contributed by atoms with Crippen molar-refractivity contribution in [1.82, 2.24) is 24.4 Å². The molecule has 0 unspecified atom stereocenters. The largest absolute Gasteiger partial charge is 0.417 e. The number of halogens is 4. The molecule has 2 aromatic heterocycles. The Hall–Kier alpha value is -3.93. The summed E-state index contributed by atoms with van der Waals surface area (Å²) in [7, 11) is 1.55. The van der Waals surface area contributed by atoms with Crippen LogP contribution in [-0.4, -0.2) is 44.0 Å². The van der Waals surface area contributed by atoms with E-state index in [1.165, 1.54) is 17.0 Å². The van der Waals surface area contributed by atoms with E-state index >= 15 is 0 Å². The Morgan fingerprint density at radius 3 is 2.43 bits per heavy atom. The number of alkyl halides is 3. The molecule has 4 aromatic rings.